The molecule has 0 unspecified atom stereocenters. The van der Waals surface area contributed by atoms with Crippen molar-refractivity contribution in [3.8, 4) is 17.3 Å². The molecule has 1 aliphatic rings. The Kier molecular flexibility index (Phi) is 8.02. The number of benzene rings is 3. The standard InChI is InChI=1S/C33H33N5O3/c1-40-33(39)26-12-9-24(10-13-26)23-41-31-8-3-2-6-27(31)22-38-18-16-37(17-19-38)21-25-11-14-28-30(20-25)36-32(35-28)29-7-4-5-15-34-29/h2-15,20H,16-19,21-23H2,1H3,(H,35,36). The Morgan fingerprint density at radius 1 is 0.854 bits per heavy atom. The lowest BCUT2D eigenvalue weighted by molar-refractivity contribution is 0.0600. The number of nitrogens with one attached hydrogen (secondary N) is 1. The molecule has 8 nitrogen and oxygen atoms in total. The fourth-order valence-corrected chi connectivity index (χ4v) is 5.17. The number of hydrogen-bond acceptors (Lipinski definition) is 7. The van der Waals surface area contributed by atoms with Gasteiger partial charge in [0.25, 0.3) is 0 Å². The minimum Gasteiger partial charge on any atom is -0.489 e. The second-order valence-corrected chi connectivity index (χ2v) is 10.3. The number of imidazole rings is 1. The van der Waals surface area contributed by atoms with Gasteiger partial charge in [0.2, 0.25) is 0 Å². The lowest BCUT2D eigenvalue weighted by Gasteiger charge is -2.35. The number of fused-ring (bicyclic) bond motifs is 1. The molecule has 2 aromatic heterocycles. The minimum absolute atomic E-state index is 0.336. The molecule has 3 heterocycles. The number of ether oxygens (including phenoxy) is 2. The molecule has 6 rings (SSSR count). The molecule has 0 spiro atoms. The molecule has 8 heteroatoms. The highest BCUT2D eigenvalue weighted by Gasteiger charge is 2.19. The van der Waals surface area contributed by atoms with E-state index in [1.165, 1.54) is 18.2 Å². The highest BCUT2D eigenvalue weighted by atomic mass is 16.5. The highest BCUT2D eigenvalue weighted by molar-refractivity contribution is 5.89. The predicted molar refractivity (Wildman–Crippen MR) is 158 cm³/mol. The molecular weight excluding hydrogens is 514 g/mol. The Bertz CT molecular complexity index is 1610. The van der Waals surface area contributed by atoms with Crippen LogP contribution in [-0.4, -0.2) is 64.0 Å². The number of nitrogens with zero attached hydrogens (tertiary/aromatic N) is 4. The van der Waals surface area contributed by atoms with Gasteiger partial charge in [0.15, 0.2) is 5.82 Å². The molecule has 0 radical (unpaired) electrons. The molecule has 1 saturated heterocycles. The van der Waals surface area contributed by atoms with Crippen LogP contribution in [0.2, 0.25) is 0 Å². The van der Waals surface area contributed by atoms with E-state index in [9.17, 15) is 4.79 Å². The molecule has 1 fully saturated rings. The molecular formula is C33H33N5O3. The Hall–Kier alpha value is -4.53. The third-order valence-electron chi connectivity index (χ3n) is 7.46. The normalized spacial score (nSPS) is 14.3. The summed E-state index contributed by atoms with van der Waals surface area (Å²) in [5, 5.41) is 0. The van der Waals surface area contributed by atoms with E-state index in [0.717, 1.165) is 73.1 Å². The molecule has 0 atom stereocenters. The van der Waals surface area contributed by atoms with Gasteiger partial charge in [-0.2, -0.15) is 0 Å². The van der Waals surface area contributed by atoms with Crippen molar-refractivity contribution in [2.75, 3.05) is 33.3 Å². The average Bonchev–Trinajstić information content (AvgIpc) is 3.45. The highest BCUT2D eigenvalue weighted by Crippen LogP contribution is 2.23. The van der Waals surface area contributed by atoms with E-state index in [1.807, 2.05) is 42.5 Å². The van der Waals surface area contributed by atoms with E-state index in [2.05, 4.69) is 50.1 Å². The molecule has 5 aromatic rings. The zero-order valence-corrected chi connectivity index (χ0v) is 23.1. The smallest absolute Gasteiger partial charge is 0.337 e. The Morgan fingerprint density at radius 2 is 1.59 bits per heavy atom. The van der Waals surface area contributed by atoms with Crippen LogP contribution in [-0.2, 0) is 24.4 Å². The van der Waals surface area contributed by atoms with Gasteiger partial charge in [-0.15, -0.1) is 0 Å². The van der Waals surface area contributed by atoms with Crippen LogP contribution in [0.5, 0.6) is 5.75 Å². The van der Waals surface area contributed by atoms with Crippen molar-refractivity contribution in [2.45, 2.75) is 19.7 Å². The summed E-state index contributed by atoms with van der Waals surface area (Å²) in [6.07, 6.45) is 1.79. The summed E-state index contributed by atoms with van der Waals surface area (Å²) in [5.41, 5.74) is 6.83. The lowest BCUT2D eigenvalue weighted by atomic mass is 10.1. The molecule has 0 bridgehead atoms. The Morgan fingerprint density at radius 3 is 2.34 bits per heavy atom. The number of hydrogen-bond donors (Lipinski definition) is 1. The van der Waals surface area contributed by atoms with Gasteiger partial charge in [0.1, 0.15) is 18.1 Å². The van der Waals surface area contributed by atoms with Crippen LogP contribution in [0.1, 0.15) is 27.0 Å². The summed E-state index contributed by atoms with van der Waals surface area (Å²) in [7, 11) is 1.39. The Labute approximate surface area is 239 Å². The van der Waals surface area contributed by atoms with Crippen molar-refractivity contribution < 1.29 is 14.3 Å². The molecule has 3 aromatic carbocycles. The van der Waals surface area contributed by atoms with E-state index < -0.39 is 0 Å². The molecule has 1 aliphatic heterocycles. The summed E-state index contributed by atoms with van der Waals surface area (Å²) < 4.78 is 11.0. The maximum absolute atomic E-state index is 11.7. The van der Waals surface area contributed by atoms with Gasteiger partial charge in [-0.1, -0.05) is 42.5 Å². The first kappa shape index (κ1) is 26.7. The van der Waals surface area contributed by atoms with Gasteiger partial charge in [-0.3, -0.25) is 14.8 Å². The number of aromatic nitrogens is 3. The Balaban J connectivity index is 1.02. The molecule has 41 heavy (non-hydrogen) atoms. The van der Waals surface area contributed by atoms with Crippen LogP contribution < -0.4 is 4.74 Å². The third kappa shape index (κ3) is 6.45. The fraction of sp³-hybridized carbons (Fsp3) is 0.242. The van der Waals surface area contributed by atoms with Crippen LogP contribution in [0.15, 0.2) is 91.1 Å². The largest absolute Gasteiger partial charge is 0.489 e. The number of carbonyl (C=O) groups excluding carboxylic acids is 1. The SMILES string of the molecule is COC(=O)c1ccc(COc2ccccc2CN2CCN(Cc3ccc4[nH]c(-c5ccccn5)nc4c3)CC2)cc1. The first-order valence-corrected chi connectivity index (χ1v) is 13.9. The number of H-pyrrole nitrogens is 1. The zero-order valence-electron chi connectivity index (χ0n) is 23.1. The number of carbonyl (C=O) groups is 1. The summed E-state index contributed by atoms with van der Waals surface area (Å²) in [4.78, 5) is 29.2. The second-order valence-electron chi connectivity index (χ2n) is 10.3. The summed E-state index contributed by atoms with van der Waals surface area (Å²) in [5.74, 6) is 1.35. The molecule has 208 valence electrons. The van der Waals surface area contributed by atoms with Gasteiger partial charge in [0.05, 0.1) is 23.7 Å². The van der Waals surface area contributed by atoms with E-state index in [1.54, 1.807) is 18.3 Å². The van der Waals surface area contributed by atoms with Crippen molar-refractivity contribution in [3.63, 3.8) is 0 Å². The topological polar surface area (TPSA) is 83.6 Å². The van der Waals surface area contributed by atoms with Gasteiger partial charge in [-0.25, -0.2) is 9.78 Å². The summed E-state index contributed by atoms with van der Waals surface area (Å²) in [6.45, 7) is 6.21. The first-order valence-electron chi connectivity index (χ1n) is 13.9. The van der Waals surface area contributed by atoms with E-state index in [4.69, 9.17) is 14.5 Å². The first-order chi connectivity index (χ1) is 20.1. The zero-order chi connectivity index (χ0) is 28.0. The fourth-order valence-electron chi connectivity index (χ4n) is 5.17. The van der Waals surface area contributed by atoms with Crippen molar-refractivity contribution >= 4 is 17.0 Å². The molecule has 0 amide bonds. The van der Waals surface area contributed by atoms with Crippen LogP contribution in [0, 0.1) is 0 Å². The second kappa shape index (κ2) is 12.3. The van der Waals surface area contributed by atoms with Crippen LogP contribution in [0.3, 0.4) is 0 Å². The summed E-state index contributed by atoms with van der Waals surface area (Å²) >= 11 is 0. The maximum atomic E-state index is 11.7. The van der Waals surface area contributed by atoms with Crippen LogP contribution in [0.25, 0.3) is 22.6 Å². The van der Waals surface area contributed by atoms with Gasteiger partial charge in [0, 0.05) is 51.0 Å². The number of methoxy groups -OCH3 is 1. The number of pyridine rings is 1. The minimum atomic E-state index is -0.336. The van der Waals surface area contributed by atoms with E-state index in [0.29, 0.717) is 12.2 Å². The number of esters is 1. The van der Waals surface area contributed by atoms with Crippen LogP contribution in [0.4, 0.5) is 0 Å². The quantitative estimate of drug-likeness (QED) is 0.251. The lowest BCUT2D eigenvalue weighted by Crippen LogP contribution is -2.45. The van der Waals surface area contributed by atoms with E-state index in [-0.39, 0.29) is 5.97 Å². The van der Waals surface area contributed by atoms with Gasteiger partial charge in [-0.05, 0) is 53.6 Å². The van der Waals surface area contributed by atoms with Crippen molar-refractivity contribution in [2.24, 2.45) is 0 Å². The number of piperazine rings is 1. The number of aromatic amines is 1. The molecule has 0 saturated carbocycles. The molecule has 0 aliphatic carbocycles. The third-order valence-corrected chi connectivity index (χ3v) is 7.46. The summed E-state index contributed by atoms with van der Waals surface area (Å²) in [6, 6.07) is 27.9. The van der Waals surface area contributed by atoms with Crippen molar-refractivity contribution in [1.82, 2.24) is 24.8 Å². The monoisotopic (exact) mass is 547 g/mol. The van der Waals surface area contributed by atoms with Crippen molar-refractivity contribution in [1.29, 1.82) is 0 Å². The van der Waals surface area contributed by atoms with E-state index >= 15 is 0 Å². The maximum Gasteiger partial charge on any atom is 0.337 e. The van der Waals surface area contributed by atoms with Crippen LogP contribution >= 0.6 is 0 Å². The average molecular weight is 548 g/mol. The van der Waals surface area contributed by atoms with Gasteiger partial charge >= 0.3 is 5.97 Å². The molecule has 1 N–H and O–H groups in total. The predicted octanol–water partition coefficient (Wildman–Crippen LogP) is 5.31. The number of rotatable bonds is 9. The van der Waals surface area contributed by atoms with Gasteiger partial charge < -0.3 is 14.5 Å². The number of para-hydroxylation sites is 1. The van der Waals surface area contributed by atoms with Crippen molar-refractivity contribution in [3.05, 3.63) is 113 Å².